The second kappa shape index (κ2) is 17.3. The van der Waals surface area contributed by atoms with Gasteiger partial charge < -0.3 is 10.4 Å². The SMILES string of the molecule is CCCCCCC=CC[C@H](CCc1ccccc1)C[C@H](CCCC(=O)O)CNC. The second-order valence-electron chi connectivity index (χ2n) is 8.39. The number of carboxylic acids is 1. The van der Waals surface area contributed by atoms with Gasteiger partial charge in [0.15, 0.2) is 0 Å². The van der Waals surface area contributed by atoms with Crippen molar-refractivity contribution in [2.24, 2.45) is 11.8 Å². The fourth-order valence-electron chi connectivity index (χ4n) is 4.05. The predicted molar refractivity (Wildman–Crippen MR) is 124 cm³/mol. The lowest BCUT2D eigenvalue weighted by Gasteiger charge is -2.23. The van der Waals surface area contributed by atoms with Crippen LogP contribution in [0.2, 0.25) is 0 Å². The Labute approximate surface area is 179 Å². The summed E-state index contributed by atoms with van der Waals surface area (Å²) in [6, 6.07) is 10.8. The lowest BCUT2D eigenvalue weighted by Crippen LogP contribution is -2.22. The van der Waals surface area contributed by atoms with E-state index in [1.54, 1.807) is 0 Å². The highest BCUT2D eigenvalue weighted by Crippen LogP contribution is 2.25. The summed E-state index contributed by atoms with van der Waals surface area (Å²) in [5, 5.41) is 12.3. The summed E-state index contributed by atoms with van der Waals surface area (Å²) in [5.74, 6) is 0.531. The number of aliphatic carboxylic acids is 1. The van der Waals surface area contributed by atoms with Crippen molar-refractivity contribution < 1.29 is 9.90 Å². The molecule has 1 aromatic carbocycles. The summed E-state index contributed by atoms with van der Waals surface area (Å²) in [7, 11) is 2.00. The molecule has 2 N–H and O–H groups in total. The topological polar surface area (TPSA) is 49.3 Å². The Bertz CT molecular complexity index is 541. The number of allylic oxidation sites excluding steroid dienone is 2. The number of carboxylic acid groups (broad SMARTS) is 1. The zero-order chi connectivity index (χ0) is 21.2. The van der Waals surface area contributed by atoms with Crippen LogP contribution in [0.5, 0.6) is 0 Å². The highest BCUT2D eigenvalue weighted by molar-refractivity contribution is 5.66. The molecule has 0 saturated carbocycles. The zero-order valence-electron chi connectivity index (χ0n) is 18.7. The minimum Gasteiger partial charge on any atom is -0.481 e. The van der Waals surface area contributed by atoms with Crippen molar-refractivity contribution in [3.05, 3.63) is 48.0 Å². The Hall–Kier alpha value is -1.61. The molecule has 0 radical (unpaired) electrons. The third-order valence-corrected chi connectivity index (χ3v) is 5.71. The van der Waals surface area contributed by atoms with Crippen LogP contribution in [-0.4, -0.2) is 24.7 Å². The number of hydrogen-bond donors (Lipinski definition) is 2. The molecule has 29 heavy (non-hydrogen) atoms. The first-order chi connectivity index (χ1) is 14.2. The van der Waals surface area contributed by atoms with Gasteiger partial charge in [0.1, 0.15) is 0 Å². The average Bonchev–Trinajstić information content (AvgIpc) is 2.71. The molecule has 0 fully saturated rings. The molecule has 0 saturated heterocycles. The summed E-state index contributed by atoms with van der Waals surface area (Å²) < 4.78 is 0. The summed E-state index contributed by atoms with van der Waals surface area (Å²) in [6.07, 6.45) is 17.9. The van der Waals surface area contributed by atoms with Crippen molar-refractivity contribution in [2.75, 3.05) is 13.6 Å². The van der Waals surface area contributed by atoms with Gasteiger partial charge in [-0.05, 0) is 82.4 Å². The first kappa shape index (κ1) is 25.4. The van der Waals surface area contributed by atoms with Crippen LogP contribution in [0, 0.1) is 11.8 Å². The van der Waals surface area contributed by atoms with Crippen LogP contribution >= 0.6 is 0 Å². The maximum Gasteiger partial charge on any atom is 0.303 e. The average molecular weight is 402 g/mol. The number of aryl methyl sites for hydroxylation is 1. The molecule has 2 atom stereocenters. The van der Waals surface area contributed by atoms with Gasteiger partial charge in [-0.15, -0.1) is 0 Å². The summed E-state index contributed by atoms with van der Waals surface area (Å²) in [4.78, 5) is 10.9. The molecule has 0 unspecified atom stereocenters. The molecular formula is C26H43NO2. The smallest absolute Gasteiger partial charge is 0.303 e. The lowest BCUT2D eigenvalue weighted by molar-refractivity contribution is -0.137. The fourth-order valence-corrected chi connectivity index (χ4v) is 4.05. The minimum absolute atomic E-state index is 0.284. The largest absolute Gasteiger partial charge is 0.481 e. The maximum atomic E-state index is 10.9. The molecule has 0 aliphatic carbocycles. The van der Waals surface area contributed by atoms with Crippen molar-refractivity contribution in [3.8, 4) is 0 Å². The zero-order valence-corrected chi connectivity index (χ0v) is 18.7. The van der Waals surface area contributed by atoms with Crippen LogP contribution in [0.4, 0.5) is 0 Å². The van der Waals surface area contributed by atoms with Crippen LogP contribution in [0.15, 0.2) is 42.5 Å². The number of benzene rings is 1. The van der Waals surface area contributed by atoms with Gasteiger partial charge in [-0.3, -0.25) is 4.79 Å². The summed E-state index contributed by atoms with van der Waals surface area (Å²) in [5.41, 5.74) is 1.41. The maximum absolute atomic E-state index is 10.9. The normalized spacial score (nSPS) is 13.6. The molecular weight excluding hydrogens is 358 g/mol. The van der Waals surface area contributed by atoms with Crippen LogP contribution in [0.25, 0.3) is 0 Å². The third-order valence-electron chi connectivity index (χ3n) is 5.71. The molecule has 3 heteroatoms. The van der Waals surface area contributed by atoms with E-state index >= 15 is 0 Å². The van der Waals surface area contributed by atoms with Gasteiger partial charge in [0.25, 0.3) is 0 Å². The first-order valence-corrected chi connectivity index (χ1v) is 11.7. The summed E-state index contributed by atoms with van der Waals surface area (Å²) in [6.45, 7) is 3.23. The number of unbranched alkanes of at least 4 members (excludes halogenated alkanes) is 4. The highest BCUT2D eigenvalue weighted by atomic mass is 16.4. The van der Waals surface area contributed by atoms with Crippen LogP contribution in [-0.2, 0) is 11.2 Å². The van der Waals surface area contributed by atoms with Crippen LogP contribution in [0.3, 0.4) is 0 Å². The van der Waals surface area contributed by atoms with E-state index in [1.165, 1.54) is 50.5 Å². The van der Waals surface area contributed by atoms with E-state index < -0.39 is 5.97 Å². The molecule has 1 aromatic rings. The van der Waals surface area contributed by atoms with Gasteiger partial charge in [-0.1, -0.05) is 68.7 Å². The Kier molecular flexibility index (Phi) is 15.1. The Balaban J connectivity index is 2.55. The van der Waals surface area contributed by atoms with Gasteiger partial charge in [0, 0.05) is 6.42 Å². The molecule has 1 rings (SSSR count). The van der Waals surface area contributed by atoms with Gasteiger partial charge in [0.2, 0.25) is 0 Å². The van der Waals surface area contributed by atoms with Crippen molar-refractivity contribution in [1.29, 1.82) is 0 Å². The van der Waals surface area contributed by atoms with Gasteiger partial charge in [0.05, 0.1) is 0 Å². The quantitative estimate of drug-likeness (QED) is 0.214. The lowest BCUT2D eigenvalue weighted by atomic mass is 9.85. The number of rotatable bonds is 18. The van der Waals surface area contributed by atoms with Crippen LogP contribution in [0.1, 0.15) is 83.1 Å². The van der Waals surface area contributed by atoms with E-state index in [0.717, 1.165) is 32.2 Å². The minimum atomic E-state index is -0.681. The van der Waals surface area contributed by atoms with E-state index in [1.807, 2.05) is 7.05 Å². The molecule has 0 aromatic heterocycles. The highest BCUT2D eigenvalue weighted by Gasteiger charge is 2.16. The monoisotopic (exact) mass is 401 g/mol. The molecule has 3 nitrogen and oxygen atoms in total. The van der Waals surface area contributed by atoms with Crippen molar-refractivity contribution in [3.63, 3.8) is 0 Å². The molecule has 0 aliphatic rings. The molecule has 0 heterocycles. The van der Waals surface area contributed by atoms with E-state index in [4.69, 9.17) is 5.11 Å². The molecule has 0 spiro atoms. The van der Waals surface area contributed by atoms with Gasteiger partial charge >= 0.3 is 5.97 Å². The van der Waals surface area contributed by atoms with E-state index in [9.17, 15) is 4.79 Å². The second-order valence-corrected chi connectivity index (χ2v) is 8.39. The van der Waals surface area contributed by atoms with E-state index in [2.05, 4.69) is 54.7 Å². The summed E-state index contributed by atoms with van der Waals surface area (Å²) >= 11 is 0. The number of carbonyl (C=O) groups is 1. The molecule has 164 valence electrons. The molecule has 0 amide bonds. The Morgan fingerprint density at radius 2 is 1.83 bits per heavy atom. The standard InChI is InChI=1S/C26H43NO2/c1-3-4-5-6-7-8-10-16-24(20-19-23-14-11-9-12-15-23)21-25(22-27-2)17-13-18-26(28)29/h8-12,14-15,24-25,27H,3-7,13,16-22H2,1-2H3,(H,28,29)/t24-,25+/m1/s1. The van der Waals surface area contributed by atoms with E-state index in [0.29, 0.717) is 11.8 Å². The van der Waals surface area contributed by atoms with E-state index in [-0.39, 0.29) is 6.42 Å². The van der Waals surface area contributed by atoms with Crippen molar-refractivity contribution >= 4 is 5.97 Å². The molecule has 0 aliphatic heterocycles. The Morgan fingerprint density at radius 3 is 2.52 bits per heavy atom. The van der Waals surface area contributed by atoms with Crippen molar-refractivity contribution in [2.45, 2.75) is 84.0 Å². The van der Waals surface area contributed by atoms with Gasteiger partial charge in [-0.25, -0.2) is 0 Å². The van der Waals surface area contributed by atoms with Crippen molar-refractivity contribution in [1.82, 2.24) is 5.32 Å². The first-order valence-electron chi connectivity index (χ1n) is 11.7. The molecule has 0 bridgehead atoms. The predicted octanol–water partition coefficient (Wildman–Crippen LogP) is 6.63. The van der Waals surface area contributed by atoms with Gasteiger partial charge in [-0.2, -0.15) is 0 Å². The number of nitrogens with one attached hydrogen (secondary N) is 1. The third kappa shape index (κ3) is 14.1. The fraction of sp³-hybridized carbons (Fsp3) is 0.654. The number of hydrogen-bond acceptors (Lipinski definition) is 2. The Morgan fingerprint density at radius 1 is 1.03 bits per heavy atom. The van der Waals surface area contributed by atoms with Crippen LogP contribution < -0.4 is 5.32 Å².